The van der Waals surface area contributed by atoms with E-state index in [0.717, 1.165) is 42.4 Å². The lowest BCUT2D eigenvalue weighted by molar-refractivity contribution is -0.137. The van der Waals surface area contributed by atoms with Crippen LogP contribution in [0.3, 0.4) is 0 Å². The van der Waals surface area contributed by atoms with Crippen LogP contribution in [0, 0.1) is 0 Å². The molecule has 1 unspecified atom stereocenters. The second kappa shape index (κ2) is 7.95. The van der Waals surface area contributed by atoms with Crippen molar-refractivity contribution in [1.82, 2.24) is 9.97 Å². The summed E-state index contributed by atoms with van der Waals surface area (Å²) >= 11 is 0. The van der Waals surface area contributed by atoms with Crippen molar-refractivity contribution in [2.75, 3.05) is 42.6 Å². The Hall–Kier alpha value is -2.35. The lowest BCUT2D eigenvalue weighted by Gasteiger charge is -2.34. The first-order valence-corrected chi connectivity index (χ1v) is 9.61. The van der Waals surface area contributed by atoms with Crippen LogP contribution in [0.5, 0.6) is 0 Å². The number of halogens is 3. The van der Waals surface area contributed by atoms with E-state index in [4.69, 9.17) is 4.74 Å². The first kappa shape index (κ1) is 19.0. The smallest absolute Gasteiger partial charge is 0.370 e. The van der Waals surface area contributed by atoms with Crippen molar-refractivity contribution in [3.05, 3.63) is 47.8 Å². The monoisotopic (exact) mass is 392 g/mol. The number of anilines is 2. The summed E-state index contributed by atoms with van der Waals surface area (Å²) in [6.45, 7) is 3.74. The maximum atomic E-state index is 12.8. The van der Waals surface area contributed by atoms with E-state index in [1.54, 1.807) is 6.33 Å². The molecular formula is C20H23F3N4O. The number of benzene rings is 1. The first-order valence-electron chi connectivity index (χ1n) is 9.61. The van der Waals surface area contributed by atoms with Crippen molar-refractivity contribution in [2.24, 2.45) is 0 Å². The highest BCUT2D eigenvalue weighted by Crippen LogP contribution is 2.32. The number of ether oxygens (including phenoxy) is 1. The predicted octanol–water partition coefficient (Wildman–Crippen LogP) is 4.06. The van der Waals surface area contributed by atoms with Gasteiger partial charge in [-0.05, 0) is 37.0 Å². The highest BCUT2D eigenvalue weighted by atomic mass is 19.4. The summed E-state index contributed by atoms with van der Waals surface area (Å²) in [4.78, 5) is 13.2. The second-order valence-electron chi connectivity index (χ2n) is 7.21. The molecule has 2 aromatic rings. The Morgan fingerprint density at radius 3 is 2.25 bits per heavy atom. The first-order chi connectivity index (χ1) is 13.5. The van der Waals surface area contributed by atoms with E-state index in [-0.39, 0.29) is 6.10 Å². The fourth-order valence-corrected chi connectivity index (χ4v) is 3.75. The van der Waals surface area contributed by atoms with Crippen molar-refractivity contribution in [2.45, 2.75) is 31.5 Å². The zero-order chi connectivity index (χ0) is 19.6. The predicted molar refractivity (Wildman–Crippen MR) is 100 cm³/mol. The molecule has 2 saturated heterocycles. The maximum absolute atomic E-state index is 12.8. The molecule has 150 valence electrons. The summed E-state index contributed by atoms with van der Waals surface area (Å²) in [5, 5.41) is 0. The molecular weight excluding hydrogens is 369 g/mol. The molecule has 0 radical (unpaired) electrons. The quantitative estimate of drug-likeness (QED) is 0.788. The molecule has 4 rings (SSSR count). The summed E-state index contributed by atoms with van der Waals surface area (Å²) in [6.07, 6.45) is 0.572. The third-order valence-electron chi connectivity index (χ3n) is 5.32. The molecule has 0 bridgehead atoms. The van der Waals surface area contributed by atoms with Crippen LogP contribution >= 0.6 is 0 Å². The molecule has 0 saturated carbocycles. The average Bonchev–Trinajstić information content (AvgIpc) is 2.74. The minimum atomic E-state index is -4.33. The summed E-state index contributed by atoms with van der Waals surface area (Å²) in [7, 11) is 0. The molecule has 2 aliphatic heterocycles. The zero-order valence-corrected chi connectivity index (χ0v) is 15.5. The molecule has 0 N–H and O–H groups in total. The molecule has 0 aliphatic carbocycles. The number of hydrogen-bond acceptors (Lipinski definition) is 5. The third-order valence-corrected chi connectivity index (χ3v) is 5.32. The highest BCUT2D eigenvalue weighted by Gasteiger charge is 2.31. The van der Waals surface area contributed by atoms with Crippen molar-refractivity contribution in [3.63, 3.8) is 0 Å². The van der Waals surface area contributed by atoms with Crippen molar-refractivity contribution < 1.29 is 17.9 Å². The van der Waals surface area contributed by atoms with Gasteiger partial charge in [-0.2, -0.15) is 13.2 Å². The van der Waals surface area contributed by atoms with Gasteiger partial charge in [-0.25, -0.2) is 9.97 Å². The van der Waals surface area contributed by atoms with E-state index < -0.39 is 11.7 Å². The molecule has 2 fully saturated rings. The largest absolute Gasteiger partial charge is 0.416 e. The van der Waals surface area contributed by atoms with Gasteiger partial charge in [-0.15, -0.1) is 0 Å². The van der Waals surface area contributed by atoms with Gasteiger partial charge in [0.05, 0.1) is 12.2 Å². The van der Waals surface area contributed by atoms with Crippen LogP contribution < -0.4 is 9.80 Å². The van der Waals surface area contributed by atoms with Crippen molar-refractivity contribution in [1.29, 1.82) is 0 Å². The van der Waals surface area contributed by atoms with Crippen molar-refractivity contribution in [3.8, 4) is 0 Å². The van der Waals surface area contributed by atoms with Gasteiger partial charge in [0, 0.05) is 32.2 Å². The Bertz CT molecular complexity index is 791. The van der Waals surface area contributed by atoms with Crippen LogP contribution in [-0.4, -0.2) is 42.8 Å². The molecule has 28 heavy (non-hydrogen) atoms. The van der Waals surface area contributed by atoms with Gasteiger partial charge in [0.15, 0.2) is 0 Å². The van der Waals surface area contributed by atoms with Crippen LogP contribution in [0.15, 0.2) is 36.7 Å². The van der Waals surface area contributed by atoms with Gasteiger partial charge >= 0.3 is 6.18 Å². The lowest BCUT2D eigenvalue weighted by atomic mass is 10.1. The Morgan fingerprint density at radius 1 is 0.893 bits per heavy atom. The minimum absolute atomic E-state index is 0.288. The second-order valence-corrected chi connectivity index (χ2v) is 7.21. The van der Waals surface area contributed by atoms with Gasteiger partial charge in [-0.3, -0.25) is 0 Å². The van der Waals surface area contributed by atoms with Gasteiger partial charge < -0.3 is 14.5 Å². The molecule has 3 heterocycles. The molecule has 1 aromatic carbocycles. The maximum Gasteiger partial charge on any atom is 0.416 e. The Morgan fingerprint density at radius 2 is 1.57 bits per heavy atom. The van der Waals surface area contributed by atoms with Gasteiger partial charge in [0.1, 0.15) is 24.1 Å². The summed E-state index contributed by atoms with van der Waals surface area (Å²) in [5.41, 5.74) is 0.0916. The number of morpholine rings is 1. The van der Waals surface area contributed by atoms with Crippen LogP contribution in [0.4, 0.5) is 24.8 Å². The topological polar surface area (TPSA) is 41.5 Å². The normalized spacial score (nSPS) is 21.0. The standard InChI is InChI=1S/C20H23F3N4O/c21-20(22,23)16-6-4-15(5-7-16)17-13-27(10-11-28-17)19-12-18(24-14-25-19)26-8-2-1-3-9-26/h4-7,12,14,17H,1-3,8-11,13H2. The Balaban J connectivity index is 1.48. The third kappa shape index (κ3) is 4.22. The van der Waals surface area contributed by atoms with Gasteiger partial charge in [0.2, 0.25) is 0 Å². The van der Waals surface area contributed by atoms with Gasteiger partial charge in [-0.1, -0.05) is 12.1 Å². The highest BCUT2D eigenvalue weighted by molar-refractivity contribution is 5.51. The fourth-order valence-electron chi connectivity index (χ4n) is 3.75. The van der Waals surface area contributed by atoms with E-state index in [2.05, 4.69) is 19.8 Å². The van der Waals surface area contributed by atoms with Crippen molar-refractivity contribution >= 4 is 11.6 Å². The van der Waals surface area contributed by atoms with Gasteiger partial charge in [0.25, 0.3) is 0 Å². The number of rotatable bonds is 3. The van der Waals surface area contributed by atoms with E-state index in [0.29, 0.717) is 19.7 Å². The number of hydrogen-bond donors (Lipinski definition) is 0. The fraction of sp³-hybridized carbons (Fsp3) is 0.500. The summed E-state index contributed by atoms with van der Waals surface area (Å²) < 4.78 is 44.1. The van der Waals surface area contributed by atoms with E-state index >= 15 is 0 Å². The number of nitrogens with zero attached hydrogens (tertiary/aromatic N) is 4. The number of aromatic nitrogens is 2. The lowest BCUT2D eigenvalue weighted by Crippen LogP contribution is -2.39. The van der Waals surface area contributed by atoms with Crippen LogP contribution in [-0.2, 0) is 10.9 Å². The zero-order valence-electron chi connectivity index (χ0n) is 15.5. The number of piperidine rings is 1. The molecule has 5 nitrogen and oxygen atoms in total. The molecule has 1 atom stereocenters. The molecule has 2 aliphatic rings. The Labute approximate surface area is 162 Å². The van der Waals surface area contributed by atoms with E-state index in [1.165, 1.54) is 31.4 Å². The minimum Gasteiger partial charge on any atom is -0.370 e. The molecule has 8 heteroatoms. The molecule has 1 aromatic heterocycles. The molecule has 0 spiro atoms. The SMILES string of the molecule is FC(F)(F)c1ccc(C2CN(c3cc(N4CCCCC4)ncn3)CCO2)cc1. The van der Waals surface area contributed by atoms with Crippen LogP contribution in [0.25, 0.3) is 0 Å². The summed E-state index contributed by atoms with van der Waals surface area (Å²) in [6, 6.07) is 7.21. The van der Waals surface area contributed by atoms with E-state index in [9.17, 15) is 13.2 Å². The summed E-state index contributed by atoms with van der Waals surface area (Å²) in [5.74, 6) is 1.76. The average molecular weight is 392 g/mol. The Kier molecular flexibility index (Phi) is 5.39. The molecule has 0 amide bonds. The number of alkyl halides is 3. The van der Waals surface area contributed by atoms with Crippen LogP contribution in [0.1, 0.15) is 36.5 Å². The van der Waals surface area contributed by atoms with Crippen LogP contribution in [0.2, 0.25) is 0 Å². The van der Waals surface area contributed by atoms with E-state index in [1.807, 2.05) is 6.07 Å².